The van der Waals surface area contributed by atoms with Crippen molar-refractivity contribution in [3.63, 3.8) is 0 Å². The molecule has 4 N–H and O–H groups in total. The van der Waals surface area contributed by atoms with Gasteiger partial charge in [0.05, 0.1) is 11.3 Å². The summed E-state index contributed by atoms with van der Waals surface area (Å²) in [5.74, 6) is -0.957. The van der Waals surface area contributed by atoms with Gasteiger partial charge in [0, 0.05) is 22.5 Å². The number of carboxylic acids is 1. The molecular weight excluding hydrogens is 272 g/mol. The van der Waals surface area contributed by atoms with E-state index in [1.54, 1.807) is 23.5 Å². The number of carbonyl (C=O) groups is 1. The molecule has 106 valence electrons. The van der Waals surface area contributed by atoms with Gasteiger partial charge in [0.15, 0.2) is 0 Å². The largest absolute Gasteiger partial charge is 0.478 e. The molecule has 0 bridgehead atoms. The van der Waals surface area contributed by atoms with E-state index in [0.29, 0.717) is 17.9 Å². The van der Waals surface area contributed by atoms with E-state index >= 15 is 0 Å². The fourth-order valence-electron chi connectivity index (χ4n) is 1.96. The Hall–Kier alpha value is -2.01. The molecule has 0 radical (unpaired) electrons. The SMILES string of the molecule is CC(C)(CNc1cc(N)ccc1C(=O)O)c1cccs1. The minimum absolute atomic E-state index is 0.0749. The van der Waals surface area contributed by atoms with E-state index in [0.717, 1.165) is 0 Å². The van der Waals surface area contributed by atoms with Crippen LogP contribution in [-0.2, 0) is 5.41 Å². The van der Waals surface area contributed by atoms with Crippen molar-refractivity contribution in [2.45, 2.75) is 19.3 Å². The smallest absolute Gasteiger partial charge is 0.337 e. The van der Waals surface area contributed by atoms with Crippen molar-refractivity contribution in [3.8, 4) is 0 Å². The van der Waals surface area contributed by atoms with Crippen LogP contribution in [0.1, 0.15) is 29.1 Å². The van der Waals surface area contributed by atoms with E-state index in [2.05, 4.69) is 25.2 Å². The van der Waals surface area contributed by atoms with E-state index in [1.165, 1.54) is 10.9 Å². The van der Waals surface area contributed by atoms with Gasteiger partial charge < -0.3 is 16.2 Å². The lowest BCUT2D eigenvalue weighted by Gasteiger charge is -2.25. The minimum atomic E-state index is -0.957. The zero-order valence-corrected chi connectivity index (χ0v) is 12.3. The van der Waals surface area contributed by atoms with Gasteiger partial charge in [0.1, 0.15) is 0 Å². The molecule has 0 aliphatic rings. The molecule has 5 heteroatoms. The Balaban J connectivity index is 2.19. The lowest BCUT2D eigenvalue weighted by atomic mass is 9.91. The lowest BCUT2D eigenvalue weighted by Crippen LogP contribution is -2.27. The highest BCUT2D eigenvalue weighted by molar-refractivity contribution is 7.10. The number of carboxylic acid groups (broad SMARTS) is 1. The summed E-state index contributed by atoms with van der Waals surface area (Å²) in [6, 6.07) is 8.89. The highest BCUT2D eigenvalue weighted by atomic mass is 32.1. The normalized spacial score (nSPS) is 11.3. The second-order valence-corrected chi connectivity index (χ2v) is 6.27. The standard InChI is InChI=1S/C15H18N2O2S/c1-15(2,13-4-3-7-20-13)9-17-12-8-10(16)5-6-11(12)14(18)19/h3-8,17H,9,16H2,1-2H3,(H,18,19). The summed E-state index contributed by atoms with van der Waals surface area (Å²) >= 11 is 1.70. The number of anilines is 2. The van der Waals surface area contributed by atoms with Gasteiger partial charge >= 0.3 is 5.97 Å². The maximum Gasteiger partial charge on any atom is 0.337 e. The van der Waals surface area contributed by atoms with E-state index in [4.69, 9.17) is 5.73 Å². The number of rotatable bonds is 5. The van der Waals surface area contributed by atoms with E-state index in [9.17, 15) is 9.90 Å². The van der Waals surface area contributed by atoms with Crippen LogP contribution in [0.15, 0.2) is 35.7 Å². The number of benzene rings is 1. The summed E-state index contributed by atoms with van der Waals surface area (Å²) < 4.78 is 0. The fraction of sp³-hybridized carbons (Fsp3) is 0.267. The third-order valence-corrected chi connectivity index (χ3v) is 4.42. The molecule has 0 saturated carbocycles. The van der Waals surface area contributed by atoms with Crippen molar-refractivity contribution in [1.29, 1.82) is 0 Å². The number of hydrogen-bond acceptors (Lipinski definition) is 4. The molecular formula is C15H18N2O2S. The molecule has 1 heterocycles. The first kappa shape index (κ1) is 14.4. The van der Waals surface area contributed by atoms with Crippen LogP contribution in [0.4, 0.5) is 11.4 Å². The van der Waals surface area contributed by atoms with E-state index in [-0.39, 0.29) is 11.0 Å². The van der Waals surface area contributed by atoms with Crippen LogP contribution < -0.4 is 11.1 Å². The Morgan fingerprint density at radius 2 is 2.15 bits per heavy atom. The number of nitrogen functional groups attached to an aromatic ring is 1. The monoisotopic (exact) mass is 290 g/mol. The Bertz CT molecular complexity index is 606. The first-order chi connectivity index (χ1) is 9.40. The molecule has 0 aliphatic carbocycles. The molecule has 0 atom stereocenters. The van der Waals surface area contributed by atoms with Crippen molar-refractivity contribution in [2.24, 2.45) is 0 Å². The Kier molecular flexibility index (Phi) is 3.99. The molecule has 4 nitrogen and oxygen atoms in total. The zero-order valence-electron chi connectivity index (χ0n) is 11.5. The summed E-state index contributed by atoms with van der Waals surface area (Å²) in [7, 11) is 0. The quantitative estimate of drug-likeness (QED) is 0.738. The molecule has 0 fully saturated rings. The van der Waals surface area contributed by atoms with Crippen LogP contribution in [-0.4, -0.2) is 17.6 Å². The minimum Gasteiger partial charge on any atom is -0.478 e. The second-order valence-electron chi connectivity index (χ2n) is 5.32. The fourth-order valence-corrected chi connectivity index (χ4v) is 2.81. The maximum absolute atomic E-state index is 11.2. The van der Waals surface area contributed by atoms with Gasteiger partial charge in [-0.2, -0.15) is 0 Å². The van der Waals surface area contributed by atoms with Crippen LogP contribution in [0.5, 0.6) is 0 Å². The zero-order chi connectivity index (χ0) is 14.8. The van der Waals surface area contributed by atoms with Crippen LogP contribution in [0.2, 0.25) is 0 Å². The van der Waals surface area contributed by atoms with Gasteiger partial charge in [-0.3, -0.25) is 0 Å². The van der Waals surface area contributed by atoms with Gasteiger partial charge in [-0.25, -0.2) is 4.79 Å². The average molecular weight is 290 g/mol. The molecule has 0 amide bonds. The highest BCUT2D eigenvalue weighted by Crippen LogP contribution is 2.29. The highest BCUT2D eigenvalue weighted by Gasteiger charge is 2.22. The summed E-state index contributed by atoms with van der Waals surface area (Å²) in [5.41, 5.74) is 7.00. The third kappa shape index (κ3) is 3.11. The summed E-state index contributed by atoms with van der Waals surface area (Å²) in [6.45, 7) is 4.88. The predicted octanol–water partition coefficient (Wildman–Crippen LogP) is 3.42. The third-order valence-electron chi connectivity index (χ3n) is 3.18. The Morgan fingerprint density at radius 3 is 2.75 bits per heavy atom. The van der Waals surface area contributed by atoms with Gasteiger partial charge in [-0.1, -0.05) is 19.9 Å². The first-order valence-electron chi connectivity index (χ1n) is 6.31. The summed E-state index contributed by atoms with van der Waals surface area (Å²) in [6.07, 6.45) is 0. The molecule has 1 aromatic carbocycles. The van der Waals surface area contributed by atoms with Crippen molar-refractivity contribution in [2.75, 3.05) is 17.6 Å². The van der Waals surface area contributed by atoms with E-state index in [1.807, 2.05) is 11.4 Å². The lowest BCUT2D eigenvalue weighted by molar-refractivity contribution is 0.0698. The van der Waals surface area contributed by atoms with Crippen molar-refractivity contribution in [1.82, 2.24) is 0 Å². The number of aromatic carboxylic acids is 1. The predicted molar refractivity (Wildman–Crippen MR) is 83.6 cm³/mol. The molecule has 20 heavy (non-hydrogen) atoms. The van der Waals surface area contributed by atoms with Crippen LogP contribution >= 0.6 is 11.3 Å². The van der Waals surface area contributed by atoms with Crippen LogP contribution in [0.3, 0.4) is 0 Å². The molecule has 2 aromatic rings. The number of hydrogen-bond donors (Lipinski definition) is 3. The Labute approximate surface area is 122 Å². The summed E-state index contributed by atoms with van der Waals surface area (Å²) in [5, 5.41) is 14.4. The van der Waals surface area contributed by atoms with E-state index < -0.39 is 5.97 Å². The molecule has 0 aliphatic heterocycles. The van der Waals surface area contributed by atoms with Crippen molar-refractivity contribution >= 4 is 28.7 Å². The molecule has 0 saturated heterocycles. The molecule has 2 rings (SSSR count). The number of nitrogens with two attached hydrogens (primary N) is 1. The molecule has 0 unspecified atom stereocenters. The summed E-state index contributed by atoms with van der Waals surface area (Å²) in [4.78, 5) is 12.5. The van der Waals surface area contributed by atoms with Gasteiger partial charge in [-0.15, -0.1) is 11.3 Å². The number of nitrogens with one attached hydrogen (secondary N) is 1. The number of thiophene rings is 1. The molecule has 0 spiro atoms. The topological polar surface area (TPSA) is 75.3 Å². The van der Waals surface area contributed by atoms with Gasteiger partial charge in [0.2, 0.25) is 0 Å². The molecule has 1 aromatic heterocycles. The first-order valence-corrected chi connectivity index (χ1v) is 7.19. The second kappa shape index (κ2) is 5.54. The van der Waals surface area contributed by atoms with Gasteiger partial charge in [-0.05, 0) is 29.6 Å². The maximum atomic E-state index is 11.2. The van der Waals surface area contributed by atoms with Crippen molar-refractivity contribution in [3.05, 3.63) is 46.2 Å². The van der Waals surface area contributed by atoms with Crippen molar-refractivity contribution < 1.29 is 9.90 Å². The Morgan fingerprint density at radius 1 is 1.40 bits per heavy atom. The van der Waals surface area contributed by atoms with Crippen LogP contribution in [0.25, 0.3) is 0 Å². The average Bonchev–Trinajstić information content (AvgIpc) is 2.90. The van der Waals surface area contributed by atoms with Crippen LogP contribution in [0, 0.1) is 0 Å². The van der Waals surface area contributed by atoms with Gasteiger partial charge in [0.25, 0.3) is 0 Å².